The van der Waals surface area contributed by atoms with Crippen molar-refractivity contribution in [2.75, 3.05) is 5.73 Å². The summed E-state index contributed by atoms with van der Waals surface area (Å²) >= 11 is 0. The molecule has 17 nitrogen and oxygen atoms in total. The number of benzene rings is 9. The van der Waals surface area contributed by atoms with Crippen LogP contribution in [0.4, 0.5) is 5.69 Å². The van der Waals surface area contributed by atoms with Crippen molar-refractivity contribution in [1.29, 1.82) is 0 Å². The number of nitrogens with two attached hydrogens (primary N) is 1. The van der Waals surface area contributed by atoms with Gasteiger partial charge in [0.05, 0.1) is 49.5 Å². The first-order chi connectivity index (χ1) is 36.3. The van der Waals surface area contributed by atoms with E-state index in [1.54, 1.807) is 12.1 Å². The van der Waals surface area contributed by atoms with Crippen LogP contribution in [0.2, 0.25) is 0 Å². The molecule has 0 saturated carbocycles. The van der Waals surface area contributed by atoms with Crippen molar-refractivity contribution in [3.63, 3.8) is 0 Å². The number of carbonyl (C=O) groups excluding carboxylic acids is 2. The number of carbonyl (C=O) groups is 4. The average molecular weight is 1040 g/mol. The second kappa shape index (κ2) is 20.4. The molecular weight excluding hydrogens is 989 g/mol. The van der Waals surface area contributed by atoms with Gasteiger partial charge in [-0.15, -0.1) is 0 Å². The Hall–Kier alpha value is -10.0. The summed E-state index contributed by atoms with van der Waals surface area (Å²) in [5.41, 5.74) is 7.23. The fourth-order valence-electron chi connectivity index (χ4n) is 10.2. The zero-order chi connectivity index (χ0) is 54.8. The van der Waals surface area contributed by atoms with Gasteiger partial charge in [-0.2, -0.15) is 0 Å². The van der Waals surface area contributed by atoms with Crippen LogP contribution >= 0.6 is 0 Å². The molecule has 0 bridgehead atoms. The molecule has 0 amide bonds. The van der Waals surface area contributed by atoms with E-state index in [4.69, 9.17) is 5.73 Å². The molecule has 1 aliphatic carbocycles. The highest BCUT2D eigenvalue weighted by molar-refractivity contribution is 6.32. The Labute approximate surface area is 435 Å². The number of phenols is 4. The third-order valence-corrected chi connectivity index (χ3v) is 14.1. The van der Waals surface area contributed by atoms with Crippen LogP contribution in [0.25, 0.3) is 59.5 Å². The molecule has 9 aromatic carbocycles. The fourth-order valence-corrected chi connectivity index (χ4v) is 10.2. The molecule has 1 aromatic heterocycles. The Morgan fingerprint density at radius 2 is 0.779 bits per heavy atom. The molecule has 388 valence electrons. The van der Waals surface area contributed by atoms with Crippen LogP contribution in [0.15, 0.2) is 128 Å². The Kier molecular flexibility index (Phi) is 14.1. The van der Waals surface area contributed by atoms with Gasteiger partial charge in [0.15, 0.2) is 22.4 Å². The molecule has 1 aliphatic rings. The number of hydrogen-bond donors (Lipinski definition) is 7. The number of nitrogen functional groups attached to an aromatic ring is 1. The minimum absolute atomic E-state index is 0. The number of para-hydroxylation sites is 2. The number of rotatable bonds is 7. The second-order valence-electron chi connectivity index (χ2n) is 18.1. The molecule has 11 rings (SSSR count). The summed E-state index contributed by atoms with van der Waals surface area (Å²) in [7, 11) is 0. The van der Waals surface area contributed by atoms with Crippen LogP contribution in [0.1, 0.15) is 103 Å². The van der Waals surface area contributed by atoms with E-state index in [9.17, 15) is 69.0 Å². The van der Waals surface area contributed by atoms with E-state index in [0.717, 1.165) is 46.4 Å². The van der Waals surface area contributed by atoms with Crippen molar-refractivity contribution in [3.05, 3.63) is 206 Å². The molecule has 1 heterocycles. The maximum absolute atomic E-state index is 13.6. The third-order valence-electron chi connectivity index (χ3n) is 14.1. The third kappa shape index (κ3) is 8.34. The van der Waals surface area contributed by atoms with Gasteiger partial charge in [0.25, 0.3) is 11.1 Å². The summed E-state index contributed by atoms with van der Waals surface area (Å²) in [4.78, 5) is 102. The quantitative estimate of drug-likeness (QED) is 0.0446. The average Bonchev–Trinajstić information content (AvgIpc) is 3.89. The molecule has 0 atom stereocenters. The number of nitrogens with zero attached hydrogens (tertiary/aromatic N) is 1. The number of ketones is 2. The highest BCUT2D eigenvalue weighted by Gasteiger charge is 2.37. The molecular formula is C60H47N2O15-. The van der Waals surface area contributed by atoms with E-state index >= 15 is 0 Å². The second-order valence-corrected chi connectivity index (χ2v) is 18.1. The number of aryl methyl sites for hydroxylation is 4. The first kappa shape index (κ1) is 53.3. The molecule has 9 N–H and O–H groups in total. The molecule has 0 radical (unpaired) electrons. The SMILES string of the molecule is CCc1cccc(CC)c1-n1c(=O)c2cc3c(O)c4c(=O)c5ccccc5c(=O)c4c(O)c3cc2c1=O.CCc1cccc(CC)c1N.O=C(O)c1cc2c(O)c3c(c(O)c2cc1C(=O)O)C(=O)c1ccccc1C3=O.[OH-]. The first-order valence-electron chi connectivity index (χ1n) is 24.1. The van der Waals surface area contributed by atoms with Crippen molar-refractivity contribution in [2.45, 2.75) is 53.4 Å². The van der Waals surface area contributed by atoms with Gasteiger partial charge in [0.2, 0.25) is 0 Å². The smallest absolute Gasteiger partial charge is 0.336 e. The summed E-state index contributed by atoms with van der Waals surface area (Å²) in [6, 6.07) is 28.3. The lowest BCUT2D eigenvalue weighted by Gasteiger charge is -2.21. The summed E-state index contributed by atoms with van der Waals surface area (Å²) in [5, 5.41) is 61.4. The highest BCUT2D eigenvalue weighted by Crippen LogP contribution is 2.45. The van der Waals surface area contributed by atoms with Gasteiger partial charge in [-0.25, -0.2) is 14.2 Å². The number of anilines is 1. The lowest BCUT2D eigenvalue weighted by Crippen LogP contribution is -2.25. The van der Waals surface area contributed by atoms with Crippen molar-refractivity contribution in [2.24, 2.45) is 0 Å². The van der Waals surface area contributed by atoms with E-state index < -0.39 is 90.7 Å². The zero-order valence-corrected chi connectivity index (χ0v) is 41.6. The van der Waals surface area contributed by atoms with Gasteiger partial charge in [0.1, 0.15) is 23.0 Å². The summed E-state index contributed by atoms with van der Waals surface area (Å²) in [5.74, 6) is -6.98. The van der Waals surface area contributed by atoms with Crippen LogP contribution in [-0.2, 0) is 25.7 Å². The summed E-state index contributed by atoms with van der Waals surface area (Å²) in [6.45, 7) is 8.14. The Morgan fingerprint density at radius 3 is 1.13 bits per heavy atom. The van der Waals surface area contributed by atoms with Crippen LogP contribution in [0.3, 0.4) is 0 Å². The number of aromatic hydroxyl groups is 4. The predicted molar refractivity (Wildman–Crippen MR) is 291 cm³/mol. The van der Waals surface area contributed by atoms with Gasteiger partial charge in [-0.05, 0) is 72.2 Å². The number of aromatic carboxylic acids is 2. The highest BCUT2D eigenvalue weighted by atomic mass is 16.4. The molecule has 0 aliphatic heterocycles. The number of aromatic nitrogens is 1. The fraction of sp³-hybridized carbons (Fsp3) is 0.133. The number of carboxylic acids is 2. The Balaban J connectivity index is 0.000000173. The topological polar surface area (TPSA) is 319 Å². The van der Waals surface area contributed by atoms with Gasteiger partial charge in [0, 0.05) is 49.1 Å². The number of phenolic OH excluding ortho intramolecular Hbond substituents is 4. The number of fused-ring (bicyclic) bond motifs is 7. The van der Waals surface area contributed by atoms with Gasteiger partial charge in [-0.1, -0.05) is 113 Å². The van der Waals surface area contributed by atoms with Gasteiger partial charge in [-0.3, -0.25) is 28.8 Å². The van der Waals surface area contributed by atoms with Crippen LogP contribution < -0.4 is 27.7 Å². The molecule has 0 fully saturated rings. The van der Waals surface area contributed by atoms with E-state index in [-0.39, 0.29) is 70.5 Å². The van der Waals surface area contributed by atoms with E-state index in [1.807, 2.05) is 32.0 Å². The van der Waals surface area contributed by atoms with Crippen LogP contribution in [0, 0.1) is 0 Å². The monoisotopic (exact) mass is 1040 g/mol. The lowest BCUT2D eigenvalue weighted by atomic mass is 9.81. The van der Waals surface area contributed by atoms with Crippen LogP contribution in [-0.4, -0.2) is 64.2 Å². The van der Waals surface area contributed by atoms with Crippen LogP contribution in [0.5, 0.6) is 23.0 Å². The standard InChI is InChI=1S/C30H21NO6.C20H10O8.C10H15N.H2O/c1-3-14-8-7-9-15(4-2)24(14)31-29(36)20-12-18-19(13-21(20)30(31)37)28(35)23-22(27(18)34)25(32)16-10-5-6-11-17(16)26(23)33;21-15-7-3-1-2-4-8(7)16(22)14-13(15)17(23)9-5-11(19(25)26)12(20(27)28)6-10(9)18(14)24;1-3-8-6-5-7-9(4-2)10(8)11;/h5-13,34-35H,3-4H2,1-2H3;1-6,23-24H,(H,25,26)(H,27,28);5-7H,3-4,11H2,1-2H3;1H2/p-1. The largest absolute Gasteiger partial charge is 0.870 e. The summed E-state index contributed by atoms with van der Waals surface area (Å²) < 4.78 is 1.14. The molecule has 10 aromatic rings. The first-order valence-corrected chi connectivity index (χ1v) is 24.1. The van der Waals surface area contributed by atoms with E-state index in [0.29, 0.717) is 18.5 Å². The number of hydrogen-bond acceptors (Lipinski definition) is 14. The van der Waals surface area contributed by atoms with Crippen molar-refractivity contribution < 1.29 is 55.3 Å². The van der Waals surface area contributed by atoms with E-state index in [1.165, 1.54) is 59.7 Å². The maximum Gasteiger partial charge on any atom is 0.336 e. The minimum Gasteiger partial charge on any atom is -0.870 e. The minimum atomic E-state index is -1.57. The molecule has 0 saturated heterocycles. The van der Waals surface area contributed by atoms with Gasteiger partial charge < -0.3 is 41.8 Å². The van der Waals surface area contributed by atoms with Crippen molar-refractivity contribution in [3.8, 4) is 28.7 Å². The van der Waals surface area contributed by atoms with E-state index in [2.05, 4.69) is 32.0 Å². The Bertz CT molecular complexity index is 4160. The summed E-state index contributed by atoms with van der Waals surface area (Å²) in [6.07, 6.45) is 3.27. The Morgan fingerprint density at radius 1 is 0.442 bits per heavy atom. The number of carboxylic acid groups (broad SMARTS) is 2. The van der Waals surface area contributed by atoms with Crippen molar-refractivity contribution in [1.82, 2.24) is 4.57 Å². The zero-order valence-electron chi connectivity index (χ0n) is 41.6. The molecule has 17 heteroatoms. The van der Waals surface area contributed by atoms with Crippen molar-refractivity contribution >= 4 is 83.1 Å². The molecule has 77 heavy (non-hydrogen) atoms. The lowest BCUT2D eigenvalue weighted by molar-refractivity contribution is 0.0652. The maximum atomic E-state index is 13.6. The van der Waals surface area contributed by atoms with Gasteiger partial charge >= 0.3 is 11.9 Å². The predicted octanol–water partition coefficient (Wildman–Crippen LogP) is 8.58. The molecule has 0 unspecified atom stereocenters. The normalized spacial score (nSPS) is 11.7. The molecule has 0 spiro atoms.